The monoisotopic (exact) mass is 285 g/mol. The van der Waals surface area contributed by atoms with Crippen molar-refractivity contribution < 1.29 is 9.59 Å². The van der Waals surface area contributed by atoms with Gasteiger partial charge in [-0.1, -0.05) is 6.07 Å². The Bertz CT molecular complexity index is 730. The lowest BCUT2D eigenvalue weighted by atomic mass is 10.1. The molecule has 1 aromatic heterocycles. The lowest BCUT2D eigenvalue weighted by molar-refractivity contribution is -0.114. The van der Waals surface area contributed by atoms with Crippen LogP contribution in [0, 0.1) is 6.92 Å². The number of aromatic amines is 1. The molecule has 0 fully saturated rings. The summed E-state index contributed by atoms with van der Waals surface area (Å²) in [6.07, 6.45) is 1.35. The number of aromatic nitrogens is 1. The van der Waals surface area contributed by atoms with Crippen LogP contribution in [-0.2, 0) is 4.79 Å². The standard InChI is InChI=1S/C15H15N3O3/c1-9-12(17-10(2)19)4-3-5-13(9)18-15(21)11-6-7-14(20)16-8-11/h3-8H,1-2H3,(H,16,20)(H,17,19)(H,18,21). The van der Waals surface area contributed by atoms with E-state index in [4.69, 9.17) is 0 Å². The molecule has 3 N–H and O–H groups in total. The Balaban J connectivity index is 2.23. The Morgan fingerprint density at radius 2 is 1.71 bits per heavy atom. The van der Waals surface area contributed by atoms with E-state index in [9.17, 15) is 14.4 Å². The largest absolute Gasteiger partial charge is 0.328 e. The van der Waals surface area contributed by atoms with Crippen molar-refractivity contribution in [2.75, 3.05) is 10.6 Å². The molecular weight excluding hydrogens is 270 g/mol. The van der Waals surface area contributed by atoms with Gasteiger partial charge in [0.05, 0.1) is 5.56 Å². The van der Waals surface area contributed by atoms with E-state index in [2.05, 4.69) is 15.6 Å². The van der Waals surface area contributed by atoms with Gasteiger partial charge in [-0.2, -0.15) is 0 Å². The summed E-state index contributed by atoms with van der Waals surface area (Å²) in [7, 11) is 0. The second-order valence-corrected chi connectivity index (χ2v) is 4.56. The van der Waals surface area contributed by atoms with Gasteiger partial charge < -0.3 is 15.6 Å². The van der Waals surface area contributed by atoms with Gasteiger partial charge in [0.15, 0.2) is 0 Å². The lowest BCUT2D eigenvalue weighted by Gasteiger charge is -2.12. The van der Waals surface area contributed by atoms with Crippen LogP contribution in [0.5, 0.6) is 0 Å². The molecule has 2 rings (SSSR count). The number of hydrogen-bond acceptors (Lipinski definition) is 3. The van der Waals surface area contributed by atoms with Crippen LogP contribution in [0.4, 0.5) is 11.4 Å². The van der Waals surface area contributed by atoms with Gasteiger partial charge in [-0.25, -0.2) is 0 Å². The number of amides is 2. The van der Waals surface area contributed by atoms with Gasteiger partial charge >= 0.3 is 0 Å². The maximum atomic E-state index is 12.1. The van der Waals surface area contributed by atoms with Crippen molar-refractivity contribution in [1.82, 2.24) is 4.98 Å². The van der Waals surface area contributed by atoms with E-state index in [1.807, 2.05) is 0 Å². The van der Waals surface area contributed by atoms with Gasteiger partial charge in [0.2, 0.25) is 11.5 Å². The van der Waals surface area contributed by atoms with Crippen LogP contribution in [-0.4, -0.2) is 16.8 Å². The van der Waals surface area contributed by atoms with Gasteiger partial charge in [-0.15, -0.1) is 0 Å². The molecule has 0 aliphatic heterocycles. The molecule has 2 aromatic rings. The molecule has 6 heteroatoms. The van der Waals surface area contributed by atoms with Gasteiger partial charge in [0.1, 0.15) is 0 Å². The van der Waals surface area contributed by atoms with Crippen molar-refractivity contribution >= 4 is 23.2 Å². The van der Waals surface area contributed by atoms with Crippen molar-refractivity contribution in [3.8, 4) is 0 Å². The highest BCUT2D eigenvalue weighted by Gasteiger charge is 2.10. The molecule has 6 nitrogen and oxygen atoms in total. The molecule has 1 aromatic carbocycles. The summed E-state index contributed by atoms with van der Waals surface area (Å²) < 4.78 is 0. The Kier molecular flexibility index (Phi) is 4.18. The Labute approximate surface area is 121 Å². The van der Waals surface area contributed by atoms with E-state index in [0.29, 0.717) is 16.9 Å². The highest BCUT2D eigenvalue weighted by atomic mass is 16.2. The van der Waals surface area contributed by atoms with Crippen LogP contribution in [0.2, 0.25) is 0 Å². The molecule has 21 heavy (non-hydrogen) atoms. The number of benzene rings is 1. The van der Waals surface area contributed by atoms with Crippen LogP contribution in [0.15, 0.2) is 41.3 Å². The van der Waals surface area contributed by atoms with Crippen LogP contribution in [0.1, 0.15) is 22.8 Å². The zero-order valence-corrected chi connectivity index (χ0v) is 11.7. The molecule has 0 spiro atoms. The van der Waals surface area contributed by atoms with E-state index in [1.165, 1.54) is 25.3 Å². The minimum absolute atomic E-state index is 0.179. The van der Waals surface area contributed by atoms with E-state index < -0.39 is 0 Å². The average Bonchev–Trinajstić information content (AvgIpc) is 2.43. The molecule has 0 radical (unpaired) electrons. The Hall–Kier alpha value is -2.89. The zero-order valence-electron chi connectivity index (χ0n) is 11.7. The number of carbonyl (C=O) groups excluding carboxylic acids is 2. The predicted molar refractivity (Wildman–Crippen MR) is 80.5 cm³/mol. The number of pyridine rings is 1. The third kappa shape index (κ3) is 3.56. The van der Waals surface area contributed by atoms with Crippen molar-refractivity contribution in [1.29, 1.82) is 0 Å². The molecule has 108 valence electrons. The summed E-state index contributed by atoms with van der Waals surface area (Å²) >= 11 is 0. The fourth-order valence-corrected chi connectivity index (χ4v) is 1.84. The SMILES string of the molecule is CC(=O)Nc1cccc(NC(=O)c2ccc(=O)[nH]c2)c1C. The molecule has 0 atom stereocenters. The molecule has 0 saturated carbocycles. The summed E-state index contributed by atoms with van der Waals surface area (Å²) in [6, 6.07) is 7.97. The van der Waals surface area contributed by atoms with Gasteiger partial charge in [-0.05, 0) is 30.7 Å². The third-order valence-electron chi connectivity index (χ3n) is 2.94. The molecule has 0 unspecified atom stereocenters. The topological polar surface area (TPSA) is 91.1 Å². The molecule has 0 bridgehead atoms. The number of carbonyl (C=O) groups is 2. The maximum Gasteiger partial charge on any atom is 0.257 e. The number of rotatable bonds is 3. The fraction of sp³-hybridized carbons (Fsp3) is 0.133. The van der Waals surface area contributed by atoms with Crippen LogP contribution >= 0.6 is 0 Å². The number of H-pyrrole nitrogens is 1. The summed E-state index contributed by atoms with van der Waals surface area (Å²) in [6.45, 7) is 3.22. The van der Waals surface area contributed by atoms with Gasteiger partial charge in [-0.3, -0.25) is 14.4 Å². The lowest BCUT2D eigenvalue weighted by Crippen LogP contribution is -2.16. The summed E-state index contributed by atoms with van der Waals surface area (Å²) in [5.41, 5.74) is 2.07. The predicted octanol–water partition coefficient (Wildman–Crippen LogP) is 1.89. The second kappa shape index (κ2) is 6.04. The first-order valence-electron chi connectivity index (χ1n) is 6.34. The average molecular weight is 285 g/mol. The molecule has 2 amide bonds. The zero-order chi connectivity index (χ0) is 15.4. The number of hydrogen-bond donors (Lipinski definition) is 3. The Morgan fingerprint density at radius 1 is 1.05 bits per heavy atom. The minimum atomic E-state index is -0.339. The van der Waals surface area contributed by atoms with Crippen LogP contribution in [0.25, 0.3) is 0 Å². The van der Waals surface area contributed by atoms with Crippen molar-refractivity contribution in [3.63, 3.8) is 0 Å². The molecule has 0 aliphatic rings. The highest BCUT2D eigenvalue weighted by molar-refractivity contribution is 6.05. The molecule has 0 saturated heterocycles. The van der Waals surface area contributed by atoms with Crippen LogP contribution < -0.4 is 16.2 Å². The molecule has 1 heterocycles. The van der Waals surface area contributed by atoms with E-state index in [0.717, 1.165) is 5.56 Å². The normalized spacial score (nSPS) is 10.0. The summed E-state index contributed by atoms with van der Waals surface area (Å²) in [5, 5.41) is 5.44. The van der Waals surface area contributed by atoms with Gasteiger partial charge in [0.25, 0.3) is 5.91 Å². The third-order valence-corrected chi connectivity index (χ3v) is 2.94. The minimum Gasteiger partial charge on any atom is -0.328 e. The van der Waals surface area contributed by atoms with Gasteiger partial charge in [0, 0.05) is 30.6 Å². The number of nitrogens with one attached hydrogen (secondary N) is 3. The van der Waals surface area contributed by atoms with E-state index in [-0.39, 0.29) is 17.4 Å². The first-order chi connectivity index (χ1) is 9.97. The number of anilines is 2. The quantitative estimate of drug-likeness (QED) is 0.804. The Morgan fingerprint density at radius 3 is 2.29 bits per heavy atom. The summed E-state index contributed by atoms with van der Waals surface area (Å²) in [5.74, 6) is -0.517. The van der Waals surface area contributed by atoms with Crippen LogP contribution in [0.3, 0.4) is 0 Å². The highest BCUT2D eigenvalue weighted by Crippen LogP contribution is 2.23. The first-order valence-corrected chi connectivity index (χ1v) is 6.34. The fourth-order valence-electron chi connectivity index (χ4n) is 1.84. The molecular formula is C15H15N3O3. The first kappa shape index (κ1) is 14.5. The maximum absolute atomic E-state index is 12.1. The molecule has 0 aliphatic carbocycles. The smallest absolute Gasteiger partial charge is 0.257 e. The van der Waals surface area contributed by atoms with Crippen molar-refractivity contribution in [2.24, 2.45) is 0 Å². The summed E-state index contributed by atoms with van der Waals surface area (Å²) in [4.78, 5) is 36.6. The van der Waals surface area contributed by atoms with Crippen molar-refractivity contribution in [2.45, 2.75) is 13.8 Å². The van der Waals surface area contributed by atoms with E-state index >= 15 is 0 Å². The van der Waals surface area contributed by atoms with Crippen molar-refractivity contribution in [3.05, 3.63) is 58.0 Å². The second-order valence-electron chi connectivity index (χ2n) is 4.56. The van der Waals surface area contributed by atoms with E-state index in [1.54, 1.807) is 25.1 Å².